The van der Waals surface area contributed by atoms with Gasteiger partial charge in [-0.25, -0.2) is 4.57 Å². The maximum Gasteiger partial charge on any atom is 0.472 e. The molecule has 9 nitrogen and oxygen atoms in total. The molecule has 0 aromatic heterocycles. The Morgan fingerprint density at radius 2 is 1.62 bits per heavy atom. The molecular formula is C14H29NO8P+. The number of ether oxygens (including phenoxy) is 2. The minimum absolute atomic E-state index is 0.0293. The first-order valence-corrected chi connectivity index (χ1v) is 9.26. The molecule has 142 valence electrons. The number of esters is 2. The SMILES string of the molecule is CCC(=O)OC[C@@H](COP(=O)(O)OCC[N+](C)(C)C)OC(=O)CC. The molecule has 24 heavy (non-hydrogen) atoms. The lowest BCUT2D eigenvalue weighted by molar-refractivity contribution is -0.870. The van der Waals surface area contributed by atoms with Crippen LogP contribution in [0.1, 0.15) is 26.7 Å². The fraction of sp³-hybridized carbons (Fsp3) is 0.857. The molecular weight excluding hydrogens is 341 g/mol. The van der Waals surface area contributed by atoms with Crippen LogP contribution in [0.2, 0.25) is 0 Å². The predicted octanol–water partition coefficient (Wildman–Crippen LogP) is 1.10. The van der Waals surface area contributed by atoms with Gasteiger partial charge in [-0.05, 0) is 0 Å². The Morgan fingerprint density at radius 3 is 2.12 bits per heavy atom. The Labute approximate surface area is 143 Å². The zero-order chi connectivity index (χ0) is 18.8. The van der Waals surface area contributed by atoms with Crippen LogP contribution in [0, 0.1) is 0 Å². The second-order valence-corrected chi connectivity index (χ2v) is 7.57. The van der Waals surface area contributed by atoms with Crippen LogP contribution in [0.3, 0.4) is 0 Å². The van der Waals surface area contributed by atoms with Gasteiger partial charge in [0.1, 0.15) is 19.8 Å². The minimum atomic E-state index is -4.28. The van der Waals surface area contributed by atoms with Gasteiger partial charge in [-0.3, -0.25) is 18.6 Å². The lowest BCUT2D eigenvalue weighted by Gasteiger charge is -2.24. The summed E-state index contributed by atoms with van der Waals surface area (Å²) < 4.78 is 32.0. The molecule has 0 rings (SSSR count). The number of phosphoric ester groups is 1. The molecule has 0 aromatic rings. The van der Waals surface area contributed by atoms with Gasteiger partial charge in [0, 0.05) is 12.8 Å². The van der Waals surface area contributed by atoms with E-state index in [0.717, 1.165) is 0 Å². The van der Waals surface area contributed by atoms with Crippen LogP contribution in [-0.2, 0) is 32.7 Å². The highest BCUT2D eigenvalue weighted by Crippen LogP contribution is 2.43. The Kier molecular flexibility index (Phi) is 10.3. The average molecular weight is 370 g/mol. The predicted molar refractivity (Wildman–Crippen MR) is 86.0 cm³/mol. The molecule has 0 radical (unpaired) electrons. The van der Waals surface area contributed by atoms with Crippen LogP contribution in [0.25, 0.3) is 0 Å². The average Bonchev–Trinajstić information content (AvgIpc) is 2.47. The lowest BCUT2D eigenvalue weighted by Crippen LogP contribution is -2.37. The van der Waals surface area contributed by atoms with E-state index in [1.165, 1.54) is 0 Å². The summed E-state index contributed by atoms with van der Waals surface area (Å²) in [4.78, 5) is 32.2. The van der Waals surface area contributed by atoms with E-state index < -0.39 is 32.5 Å². The van der Waals surface area contributed by atoms with Gasteiger partial charge in [-0.2, -0.15) is 0 Å². The molecule has 2 atom stereocenters. The highest BCUT2D eigenvalue weighted by Gasteiger charge is 2.26. The summed E-state index contributed by atoms with van der Waals surface area (Å²) in [6.07, 6.45) is -0.688. The molecule has 0 saturated carbocycles. The Bertz CT molecular complexity index is 449. The maximum absolute atomic E-state index is 11.8. The van der Waals surface area contributed by atoms with E-state index in [1.807, 2.05) is 21.1 Å². The summed E-state index contributed by atoms with van der Waals surface area (Å²) in [7, 11) is 1.45. The summed E-state index contributed by atoms with van der Waals surface area (Å²) in [6.45, 7) is 3.09. The number of nitrogens with zero attached hydrogens (tertiary/aromatic N) is 1. The molecule has 0 amide bonds. The minimum Gasteiger partial charge on any atom is -0.462 e. The van der Waals surface area contributed by atoms with Crippen molar-refractivity contribution in [2.75, 3.05) is 47.5 Å². The monoisotopic (exact) mass is 370 g/mol. The van der Waals surface area contributed by atoms with Crippen molar-refractivity contribution in [1.29, 1.82) is 0 Å². The van der Waals surface area contributed by atoms with Gasteiger partial charge in [0.05, 0.1) is 27.7 Å². The first-order chi connectivity index (χ1) is 11.0. The highest BCUT2D eigenvalue weighted by molar-refractivity contribution is 7.47. The van der Waals surface area contributed by atoms with Gasteiger partial charge in [-0.15, -0.1) is 0 Å². The van der Waals surface area contributed by atoms with Crippen LogP contribution in [0.5, 0.6) is 0 Å². The van der Waals surface area contributed by atoms with Crippen LogP contribution < -0.4 is 0 Å². The summed E-state index contributed by atoms with van der Waals surface area (Å²) in [5, 5.41) is 0. The van der Waals surface area contributed by atoms with Crippen LogP contribution in [0.15, 0.2) is 0 Å². The quantitative estimate of drug-likeness (QED) is 0.309. The van der Waals surface area contributed by atoms with Crippen molar-refractivity contribution in [3.63, 3.8) is 0 Å². The number of carbonyl (C=O) groups excluding carboxylic acids is 2. The third-order valence-corrected chi connectivity index (χ3v) is 3.73. The molecule has 0 heterocycles. The van der Waals surface area contributed by atoms with E-state index in [4.69, 9.17) is 18.5 Å². The van der Waals surface area contributed by atoms with E-state index >= 15 is 0 Å². The number of quaternary nitrogens is 1. The summed E-state index contributed by atoms with van der Waals surface area (Å²) in [6, 6.07) is 0. The van der Waals surface area contributed by atoms with E-state index in [2.05, 4.69) is 0 Å². The third-order valence-electron chi connectivity index (χ3n) is 2.75. The molecule has 0 bridgehead atoms. The Hall–Kier alpha value is -0.990. The zero-order valence-corrected chi connectivity index (χ0v) is 15.9. The molecule has 0 saturated heterocycles. The highest BCUT2D eigenvalue weighted by atomic mass is 31.2. The van der Waals surface area contributed by atoms with Crippen LogP contribution in [0.4, 0.5) is 0 Å². The summed E-state index contributed by atoms with van der Waals surface area (Å²) in [5.74, 6) is -1.01. The molecule has 0 aliphatic rings. The van der Waals surface area contributed by atoms with Crippen LogP contribution >= 0.6 is 7.82 Å². The normalized spacial score (nSPS) is 15.4. The third kappa shape index (κ3) is 12.4. The lowest BCUT2D eigenvalue weighted by atomic mass is 10.4. The number of hydrogen-bond donors (Lipinski definition) is 1. The number of rotatable bonds is 12. The summed E-state index contributed by atoms with van der Waals surface area (Å²) in [5.41, 5.74) is 0. The van der Waals surface area contributed by atoms with Crippen molar-refractivity contribution in [1.82, 2.24) is 0 Å². The fourth-order valence-electron chi connectivity index (χ4n) is 1.32. The van der Waals surface area contributed by atoms with Crippen LogP contribution in [-0.4, -0.2) is 74.9 Å². The first kappa shape index (κ1) is 23.0. The first-order valence-electron chi connectivity index (χ1n) is 7.76. The Morgan fingerprint density at radius 1 is 1.04 bits per heavy atom. The fourth-order valence-corrected chi connectivity index (χ4v) is 2.06. The molecule has 0 aromatic carbocycles. The smallest absolute Gasteiger partial charge is 0.462 e. The number of phosphoric acid groups is 1. The van der Waals surface area contributed by atoms with Gasteiger partial charge in [0.25, 0.3) is 0 Å². The standard InChI is InChI=1S/C14H28NO8P/c1-6-13(16)20-10-12(23-14(17)7-2)11-22-24(18,19)21-9-8-15(3,4)5/h12H,6-11H2,1-5H3/p+1/t12-/m0/s1. The topological polar surface area (TPSA) is 108 Å². The molecule has 1 unspecified atom stereocenters. The van der Waals surface area contributed by atoms with Crippen molar-refractivity contribution >= 4 is 19.8 Å². The largest absolute Gasteiger partial charge is 0.472 e. The molecule has 10 heteroatoms. The number of likely N-dealkylation sites (N-methyl/N-ethyl adjacent to an activating group) is 1. The Balaban J connectivity index is 4.46. The summed E-state index contributed by atoms with van der Waals surface area (Å²) >= 11 is 0. The molecule has 0 aliphatic carbocycles. The number of hydrogen-bond acceptors (Lipinski definition) is 7. The number of carbonyl (C=O) groups is 2. The van der Waals surface area contributed by atoms with E-state index in [1.54, 1.807) is 13.8 Å². The van der Waals surface area contributed by atoms with Gasteiger partial charge >= 0.3 is 19.8 Å². The second-order valence-electron chi connectivity index (χ2n) is 6.11. The molecule has 0 aliphatic heterocycles. The maximum atomic E-state index is 11.8. The molecule has 1 N–H and O–H groups in total. The van der Waals surface area contributed by atoms with Crippen molar-refractivity contribution in [2.45, 2.75) is 32.8 Å². The van der Waals surface area contributed by atoms with Gasteiger partial charge in [0.2, 0.25) is 0 Å². The van der Waals surface area contributed by atoms with Gasteiger partial charge in [-0.1, -0.05) is 13.8 Å². The van der Waals surface area contributed by atoms with Crippen molar-refractivity contribution in [2.24, 2.45) is 0 Å². The van der Waals surface area contributed by atoms with E-state index in [9.17, 15) is 19.0 Å². The van der Waals surface area contributed by atoms with E-state index in [0.29, 0.717) is 11.0 Å². The van der Waals surface area contributed by atoms with Crippen molar-refractivity contribution < 1.29 is 42.1 Å². The second kappa shape index (κ2) is 10.8. The van der Waals surface area contributed by atoms with Crippen molar-refractivity contribution in [3.8, 4) is 0 Å². The van der Waals surface area contributed by atoms with Gasteiger partial charge in [0.15, 0.2) is 6.10 Å². The van der Waals surface area contributed by atoms with E-state index in [-0.39, 0.29) is 26.1 Å². The molecule has 0 spiro atoms. The van der Waals surface area contributed by atoms with Crippen molar-refractivity contribution in [3.05, 3.63) is 0 Å². The van der Waals surface area contributed by atoms with Gasteiger partial charge < -0.3 is 18.9 Å². The zero-order valence-electron chi connectivity index (χ0n) is 15.0. The molecule has 0 fully saturated rings.